The average Bonchev–Trinajstić information content (AvgIpc) is 3.06. The standard InChI is InChI=1S/C22H21F3N4OS2/c1-21(2,3)17-8-15(22(23,24)25)14(10-27)19(28-17)31-11-18(30)29-20-13(9-26)12-6-4-5-7-16(12)32-20/h8H,4-7,11H2,1-3H3,(H,29,30). The molecule has 1 amide bonds. The lowest BCUT2D eigenvalue weighted by Gasteiger charge is -2.21. The van der Waals surface area contributed by atoms with Crippen LogP contribution in [-0.2, 0) is 29.2 Å². The van der Waals surface area contributed by atoms with Crippen LogP contribution in [-0.4, -0.2) is 16.6 Å². The number of halogens is 3. The van der Waals surface area contributed by atoms with Gasteiger partial charge in [0.25, 0.3) is 0 Å². The molecule has 0 fully saturated rings. The second-order valence-corrected chi connectivity index (χ2v) is 10.5. The van der Waals surface area contributed by atoms with E-state index in [0.29, 0.717) is 10.6 Å². The molecule has 168 valence electrons. The van der Waals surface area contributed by atoms with E-state index in [9.17, 15) is 28.5 Å². The predicted molar refractivity (Wildman–Crippen MR) is 118 cm³/mol. The van der Waals surface area contributed by atoms with Crippen LogP contribution in [0.15, 0.2) is 11.1 Å². The van der Waals surface area contributed by atoms with E-state index in [1.165, 1.54) is 11.3 Å². The van der Waals surface area contributed by atoms with E-state index in [0.717, 1.165) is 54.0 Å². The van der Waals surface area contributed by atoms with Gasteiger partial charge in [0.05, 0.1) is 22.4 Å². The Balaban J connectivity index is 1.85. The number of thiophene rings is 1. The molecule has 1 aliphatic rings. The Kier molecular flexibility index (Phi) is 6.87. The molecule has 10 heteroatoms. The highest BCUT2D eigenvalue weighted by atomic mass is 32.2. The first-order valence-corrected chi connectivity index (χ1v) is 11.8. The largest absolute Gasteiger partial charge is 0.417 e. The Labute approximate surface area is 192 Å². The van der Waals surface area contributed by atoms with Crippen LogP contribution >= 0.6 is 23.1 Å². The maximum atomic E-state index is 13.6. The van der Waals surface area contributed by atoms with Crippen LogP contribution in [0.1, 0.15) is 66.4 Å². The van der Waals surface area contributed by atoms with Crippen molar-refractivity contribution in [2.75, 3.05) is 11.1 Å². The Morgan fingerprint density at radius 3 is 2.44 bits per heavy atom. The first kappa shape index (κ1) is 24.1. The predicted octanol–water partition coefficient (Wildman–Crippen LogP) is 5.81. The van der Waals surface area contributed by atoms with Crippen LogP contribution in [0.25, 0.3) is 0 Å². The maximum absolute atomic E-state index is 13.6. The summed E-state index contributed by atoms with van der Waals surface area (Å²) in [5.41, 5.74) is -0.693. The van der Waals surface area contributed by atoms with Crippen molar-refractivity contribution in [1.82, 2.24) is 4.98 Å². The molecule has 2 aromatic rings. The topological polar surface area (TPSA) is 89.6 Å². The number of hydrogen-bond acceptors (Lipinski definition) is 6. The van der Waals surface area contributed by atoms with Crippen molar-refractivity contribution in [3.8, 4) is 12.1 Å². The Bertz CT molecular complexity index is 1130. The number of thioether (sulfide) groups is 1. The summed E-state index contributed by atoms with van der Waals surface area (Å²) >= 11 is 2.16. The zero-order valence-electron chi connectivity index (χ0n) is 17.8. The number of fused-ring (bicyclic) bond motifs is 1. The van der Waals surface area contributed by atoms with Gasteiger partial charge in [0.15, 0.2) is 0 Å². The van der Waals surface area contributed by atoms with Gasteiger partial charge in [0.1, 0.15) is 22.2 Å². The summed E-state index contributed by atoms with van der Waals surface area (Å²) in [5, 5.41) is 22.0. The number of alkyl halides is 3. The van der Waals surface area contributed by atoms with Crippen molar-refractivity contribution in [1.29, 1.82) is 10.5 Å². The summed E-state index contributed by atoms with van der Waals surface area (Å²) in [7, 11) is 0. The fourth-order valence-corrected chi connectivity index (χ4v) is 5.47. The number of anilines is 1. The Morgan fingerprint density at radius 2 is 1.84 bits per heavy atom. The van der Waals surface area contributed by atoms with E-state index < -0.39 is 28.6 Å². The molecule has 5 nitrogen and oxygen atoms in total. The number of carbonyl (C=O) groups excluding carboxylic acids is 1. The van der Waals surface area contributed by atoms with Crippen LogP contribution in [0.3, 0.4) is 0 Å². The highest BCUT2D eigenvalue weighted by Gasteiger charge is 2.37. The highest BCUT2D eigenvalue weighted by Crippen LogP contribution is 2.39. The summed E-state index contributed by atoms with van der Waals surface area (Å²) in [6.45, 7) is 5.18. The highest BCUT2D eigenvalue weighted by molar-refractivity contribution is 8.00. The fourth-order valence-electron chi connectivity index (χ4n) is 3.41. The van der Waals surface area contributed by atoms with Crippen LogP contribution in [0.4, 0.5) is 18.2 Å². The molecule has 0 bridgehead atoms. The number of nitrogens with one attached hydrogen (secondary N) is 1. The first-order valence-electron chi connectivity index (χ1n) is 9.95. The van der Waals surface area contributed by atoms with Crippen molar-refractivity contribution in [2.45, 2.75) is 63.1 Å². The fraction of sp³-hybridized carbons (Fsp3) is 0.455. The summed E-state index contributed by atoms with van der Waals surface area (Å²) in [6, 6.07) is 4.66. The molecule has 2 aromatic heterocycles. The van der Waals surface area contributed by atoms with Crippen LogP contribution in [0.5, 0.6) is 0 Å². The third-order valence-corrected chi connectivity index (χ3v) is 7.23. The van der Waals surface area contributed by atoms with Gasteiger partial charge in [-0.2, -0.15) is 23.7 Å². The average molecular weight is 479 g/mol. The van der Waals surface area contributed by atoms with Crippen LogP contribution in [0, 0.1) is 22.7 Å². The van der Waals surface area contributed by atoms with Crippen molar-refractivity contribution >= 4 is 34.0 Å². The minimum Gasteiger partial charge on any atom is -0.316 e. The van der Waals surface area contributed by atoms with Gasteiger partial charge in [-0.1, -0.05) is 32.5 Å². The number of pyridine rings is 1. The molecule has 32 heavy (non-hydrogen) atoms. The Hall–Kier alpha value is -2.56. The van der Waals surface area contributed by atoms with Crippen LogP contribution in [0.2, 0.25) is 0 Å². The molecule has 0 aliphatic heterocycles. The van der Waals surface area contributed by atoms with Crippen LogP contribution < -0.4 is 5.32 Å². The van der Waals surface area contributed by atoms with Gasteiger partial charge in [0.2, 0.25) is 5.91 Å². The van der Waals surface area contributed by atoms with Gasteiger partial charge in [0, 0.05) is 16.0 Å². The van der Waals surface area contributed by atoms with E-state index in [-0.39, 0.29) is 16.5 Å². The SMILES string of the molecule is CC(C)(C)c1cc(C(F)(F)F)c(C#N)c(SCC(=O)Nc2sc3c(c2C#N)CCCC3)n1. The summed E-state index contributed by atoms with van der Waals surface area (Å²) in [4.78, 5) is 17.9. The van der Waals surface area contributed by atoms with Crippen molar-refractivity contribution in [2.24, 2.45) is 0 Å². The number of aryl methyl sites for hydroxylation is 1. The number of nitriles is 2. The van der Waals surface area contributed by atoms with Gasteiger partial charge >= 0.3 is 6.18 Å². The molecule has 0 atom stereocenters. The number of amides is 1. The van der Waals surface area contributed by atoms with Gasteiger partial charge < -0.3 is 5.32 Å². The van der Waals surface area contributed by atoms with E-state index in [1.807, 2.05) is 0 Å². The lowest BCUT2D eigenvalue weighted by Crippen LogP contribution is -2.19. The molecule has 0 radical (unpaired) electrons. The number of carbonyl (C=O) groups is 1. The molecular formula is C22H21F3N4OS2. The summed E-state index contributed by atoms with van der Waals surface area (Å²) in [6.07, 6.45) is -1.02. The van der Waals surface area contributed by atoms with Gasteiger partial charge in [-0.3, -0.25) is 4.79 Å². The van der Waals surface area contributed by atoms with Gasteiger partial charge in [-0.15, -0.1) is 11.3 Å². The van der Waals surface area contributed by atoms with Crippen molar-refractivity contribution in [3.05, 3.63) is 38.9 Å². The molecule has 3 rings (SSSR count). The van der Waals surface area contributed by atoms with Crippen molar-refractivity contribution in [3.63, 3.8) is 0 Å². The zero-order valence-corrected chi connectivity index (χ0v) is 19.4. The van der Waals surface area contributed by atoms with Gasteiger partial charge in [-0.05, 0) is 37.3 Å². The van der Waals surface area contributed by atoms with E-state index in [1.54, 1.807) is 26.8 Å². The molecule has 1 N–H and O–H groups in total. The number of rotatable bonds is 4. The summed E-state index contributed by atoms with van der Waals surface area (Å²) in [5.74, 6) is -0.703. The second-order valence-electron chi connectivity index (χ2n) is 8.46. The minimum atomic E-state index is -4.72. The van der Waals surface area contributed by atoms with Crippen molar-refractivity contribution < 1.29 is 18.0 Å². The Morgan fingerprint density at radius 1 is 1.19 bits per heavy atom. The molecule has 0 spiro atoms. The molecule has 2 heterocycles. The molecule has 0 aromatic carbocycles. The zero-order chi connectivity index (χ0) is 23.7. The number of hydrogen-bond donors (Lipinski definition) is 1. The van der Waals surface area contributed by atoms with E-state index >= 15 is 0 Å². The van der Waals surface area contributed by atoms with E-state index in [2.05, 4.69) is 16.4 Å². The van der Waals surface area contributed by atoms with Gasteiger partial charge in [-0.25, -0.2) is 4.98 Å². The number of aromatic nitrogens is 1. The smallest absolute Gasteiger partial charge is 0.316 e. The molecule has 0 saturated heterocycles. The minimum absolute atomic E-state index is 0.131. The van der Waals surface area contributed by atoms with E-state index in [4.69, 9.17) is 0 Å². The quantitative estimate of drug-likeness (QED) is 0.560. The summed E-state index contributed by atoms with van der Waals surface area (Å²) < 4.78 is 40.7. The molecular weight excluding hydrogens is 457 g/mol. The number of nitrogens with zero attached hydrogens (tertiary/aromatic N) is 3. The third-order valence-electron chi connectivity index (χ3n) is 5.05. The monoisotopic (exact) mass is 478 g/mol. The lowest BCUT2D eigenvalue weighted by molar-refractivity contribution is -0.138. The molecule has 0 unspecified atom stereocenters. The molecule has 0 saturated carbocycles. The molecule has 1 aliphatic carbocycles. The lowest BCUT2D eigenvalue weighted by atomic mass is 9.90. The normalized spacial score (nSPS) is 13.8. The first-order chi connectivity index (χ1) is 15.0. The maximum Gasteiger partial charge on any atom is 0.417 e. The second kappa shape index (κ2) is 9.13. The third kappa shape index (κ3) is 5.08.